The SMILES string of the molecule is Cc1cccc(CN2c3cccc4c3C(=Cc3cccnc32)N(C)C4=O)c1. The van der Waals surface area contributed by atoms with Gasteiger partial charge in [-0.3, -0.25) is 4.79 Å². The van der Waals surface area contributed by atoms with E-state index in [-0.39, 0.29) is 5.91 Å². The molecule has 0 bridgehead atoms. The molecule has 2 aliphatic rings. The quantitative estimate of drug-likeness (QED) is 0.674. The molecular weight excluding hydrogens is 334 g/mol. The van der Waals surface area contributed by atoms with E-state index in [1.807, 2.05) is 31.4 Å². The van der Waals surface area contributed by atoms with E-state index >= 15 is 0 Å². The Morgan fingerprint density at radius 3 is 2.74 bits per heavy atom. The van der Waals surface area contributed by atoms with Gasteiger partial charge in [0, 0.05) is 30.9 Å². The Morgan fingerprint density at radius 2 is 1.89 bits per heavy atom. The van der Waals surface area contributed by atoms with Gasteiger partial charge >= 0.3 is 0 Å². The highest BCUT2D eigenvalue weighted by atomic mass is 16.2. The summed E-state index contributed by atoms with van der Waals surface area (Å²) in [6.07, 6.45) is 3.90. The van der Waals surface area contributed by atoms with Crippen molar-refractivity contribution < 1.29 is 4.79 Å². The molecule has 3 aromatic rings. The molecule has 2 aliphatic heterocycles. The molecule has 0 N–H and O–H groups in total. The molecule has 4 nitrogen and oxygen atoms in total. The summed E-state index contributed by atoms with van der Waals surface area (Å²) in [5.74, 6) is 0.955. The van der Waals surface area contributed by atoms with E-state index in [1.165, 1.54) is 11.1 Å². The van der Waals surface area contributed by atoms with Gasteiger partial charge in [0.15, 0.2) is 0 Å². The van der Waals surface area contributed by atoms with Crippen molar-refractivity contribution in [3.05, 3.63) is 88.6 Å². The number of benzene rings is 2. The molecular formula is C23H19N3O. The number of carbonyl (C=O) groups excluding carboxylic acids is 1. The standard InChI is InChI=1S/C23H19N3O/c1-15-6-3-7-16(12-15)14-26-19-10-4-9-18-21(19)20(25(2)23(18)27)13-17-8-5-11-24-22(17)26/h3-13H,14H2,1-2H3. The van der Waals surface area contributed by atoms with Gasteiger partial charge in [0.2, 0.25) is 0 Å². The van der Waals surface area contributed by atoms with Crippen LogP contribution in [0.4, 0.5) is 11.5 Å². The number of fused-ring (bicyclic) bond motifs is 1. The van der Waals surface area contributed by atoms with Crippen LogP contribution >= 0.6 is 0 Å². The third-order valence-corrected chi connectivity index (χ3v) is 5.27. The smallest absolute Gasteiger partial charge is 0.258 e. The number of amides is 1. The number of pyridine rings is 1. The van der Waals surface area contributed by atoms with Crippen molar-refractivity contribution in [3.8, 4) is 0 Å². The van der Waals surface area contributed by atoms with Crippen molar-refractivity contribution in [2.24, 2.45) is 0 Å². The second-order valence-electron chi connectivity index (χ2n) is 7.08. The Bertz CT molecular complexity index is 1120. The number of nitrogens with zero attached hydrogens (tertiary/aromatic N) is 3. The van der Waals surface area contributed by atoms with Crippen molar-refractivity contribution in [1.29, 1.82) is 0 Å². The fourth-order valence-corrected chi connectivity index (χ4v) is 4.00. The maximum atomic E-state index is 12.7. The molecule has 0 radical (unpaired) electrons. The first kappa shape index (κ1) is 15.8. The van der Waals surface area contributed by atoms with Crippen LogP contribution in [0.1, 0.15) is 32.6 Å². The Labute approximate surface area is 158 Å². The fourth-order valence-electron chi connectivity index (χ4n) is 4.00. The van der Waals surface area contributed by atoms with Gasteiger partial charge in [0.05, 0.1) is 16.9 Å². The van der Waals surface area contributed by atoms with Gasteiger partial charge in [-0.1, -0.05) is 35.9 Å². The fraction of sp³-hybridized carbons (Fsp3) is 0.130. The zero-order valence-electron chi connectivity index (χ0n) is 15.3. The van der Waals surface area contributed by atoms with Crippen LogP contribution in [0.25, 0.3) is 11.8 Å². The summed E-state index contributed by atoms with van der Waals surface area (Å²) < 4.78 is 0. The van der Waals surface area contributed by atoms with Crippen molar-refractivity contribution in [1.82, 2.24) is 9.88 Å². The van der Waals surface area contributed by atoms with Gasteiger partial charge in [-0.2, -0.15) is 0 Å². The number of aryl methyl sites for hydroxylation is 1. The summed E-state index contributed by atoms with van der Waals surface area (Å²) in [7, 11) is 1.84. The molecule has 0 fully saturated rings. The molecule has 4 heteroatoms. The van der Waals surface area contributed by atoms with E-state index in [2.05, 4.69) is 59.3 Å². The highest BCUT2D eigenvalue weighted by molar-refractivity contribution is 6.15. The minimum absolute atomic E-state index is 0.0425. The van der Waals surface area contributed by atoms with E-state index in [0.29, 0.717) is 6.54 Å². The molecule has 2 aromatic carbocycles. The van der Waals surface area contributed by atoms with Crippen LogP contribution in [0.2, 0.25) is 0 Å². The maximum absolute atomic E-state index is 12.7. The number of carbonyl (C=O) groups is 1. The minimum atomic E-state index is 0.0425. The molecule has 3 heterocycles. The molecule has 1 aromatic heterocycles. The first-order valence-corrected chi connectivity index (χ1v) is 9.05. The molecule has 0 aliphatic carbocycles. The highest BCUT2D eigenvalue weighted by Gasteiger charge is 2.35. The predicted octanol–water partition coefficient (Wildman–Crippen LogP) is 4.63. The van der Waals surface area contributed by atoms with Crippen LogP contribution in [-0.2, 0) is 6.54 Å². The number of rotatable bonds is 2. The zero-order chi connectivity index (χ0) is 18.5. The molecule has 0 saturated heterocycles. The predicted molar refractivity (Wildman–Crippen MR) is 108 cm³/mol. The second kappa shape index (κ2) is 5.81. The molecule has 0 saturated carbocycles. The Balaban J connectivity index is 1.76. The summed E-state index contributed by atoms with van der Waals surface area (Å²) in [5, 5.41) is 0. The van der Waals surface area contributed by atoms with Crippen LogP contribution in [0.15, 0.2) is 60.8 Å². The van der Waals surface area contributed by atoms with Crippen LogP contribution < -0.4 is 4.90 Å². The van der Waals surface area contributed by atoms with Crippen LogP contribution in [0, 0.1) is 6.92 Å². The van der Waals surface area contributed by atoms with E-state index < -0.39 is 0 Å². The summed E-state index contributed by atoms with van der Waals surface area (Å²) in [5.41, 5.74) is 7.17. The monoisotopic (exact) mass is 353 g/mol. The number of hydrogen-bond acceptors (Lipinski definition) is 3. The lowest BCUT2D eigenvalue weighted by Crippen LogP contribution is -2.19. The van der Waals surface area contributed by atoms with Crippen molar-refractivity contribution in [2.45, 2.75) is 13.5 Å². The number of aromatic nitrogens is 1. The Hall–Kier alpha value is -3.40. The second-order valence-corrected chi connectivity index (χ2v) is 7.08. The molecule has 0 unspecified atom stereocenters. The Kier molecular flexibility index (Phi) is 3.41. The normalized spacial score (nSPS) is 14.6. The van der Waals surface area contributed by atoms with Crippen LogP contribution in [0.3, 0.4) is 0 Å². The summed E-state index contributed by atoms with van der Waals surface area (Å²) in [6, 6.07) is 18.5. The van der Waals surface area contributed by atoms with Gasteiger partial charge in [0.1, 0.15) is 5.82 Å². The lowest BCUT2D eigenvalue weighted by molar-refractivity contribution is 0.0875. The third-order valence-electron chi connectivity index (χ3n) is 5.27. The summed E-state index contributed by atoms with van der Waals surface area (Å²) in [6.45, 7) is 2.80. The Morgan fingerprint density at radius 1 is 1.04 bits per heavy atom. The van der Waals surface area contributed by atoms with Gasteiger partial charge in [0.25, 0.3) is 5.91 Å². The van der Waals surface area contributed by atoms with Crippen LogP contribution in [0.5, 0.6) is 0 Å². The van der Waals surface area contributed by atoms with Crippen molar-refractivity contribution in [3.63, 3.8) is 0 Å². The van der Waals surface area contributed by atoms with Crippen LogP contribution in [-0.4, -0.2) is 22.8 Å². The van der Waals surface area contributed by atoms with Crippen molar-refractivity contribution in [2.75, 3.05) is 11.9 Å². The molecule has 132 valence electrons. The first-order valence-electron chi connectivity index (χ1n) is 9.05. The first-order chi connectivity index (χ1) is 13.1. The number of anilines is 2. The van der Waals surface area contributed by atoms with Gasteiger partial charge in [-0.25, -0.2) is 4.98 Å². The van der Waals surface area contributed by atoms with Gasteiger partial charge in [-0.15, -0.1) is 0 Å². The lowest BCUT2D eigenvalue weighted by atomic mass is 10.0. The van der Waals surface area contributed by atoms with Crippen molar-refractivity contribution >= 4 is 29.2 Å². The largest absolute Gasteiger partial charge is 0.321 e. The molecule has 0 atom stereocenters. The van der Waals surface area contributed by atoms with Gasteiger partial charge in [-0.05, 0) is 42.8 Å². The van der Waals surface area contributed by atoms with Gasteiger partial charge < -0.3 is 9.80 Å². The summed E-state index contributed by atoms with van der Waals surface area (Å²) in [4.78, 5) is 21.4. The average molecular weight is 353 g/mol. The van der Waals surface area contributed by atoms with E-state index in [4.69, 9.17) is 0 Å². The zero-order valence-corrected chi connectivity index (χ0v) is 15.3. The minimum Gasteiger partial charge on any atom is -0.321 e. The number of hydrogen-bond donors (Lipinski definition) is 0. The lowest BCUT2D eigenvalue weighted by Gasteiger charge is -2.26. The van der Waals surface area contributed by atoms with E-state index in [9.17, 15) is 4.79 Å². The van der Waals surface area contributed by atoms with E-state index in [0.717, 1.165) is 33.9 Å². The van der Waals surface area contributed by atoms with E-state index in [1.54, 1.807) is 4.90 Å². The molecule has 27 heavy (non-hydrogen) atoms. The molecule has 1 amide bonds. The molecule has 0 spiro atoms. The third kappa shape index (κ3) is 2.37. The maximum Gasteiger partial charge on any atom is 0.258 e. The summed E-state index contributed by atoms with van der Waals surface area (Å²) >= 11 is 0. The highest BCUT2D eigenvalue weighted by Crippen LogP contribution is 2.45. The average Bonchev–Trinajstić information content (AvgIpc) is 2.84. The molecule has 5 rings (SSSR count). The topological polar surface area (TPSA) is 36.4 Å².